The zero-order chi connectivity index (χ0) is 18.1. The van der Waals surface area contributed by atoms with Crippen molar-refractivity contribution in [2.24, 2.45) is 5.92 Å². The molecule has 3 aliphatic rings. The Labute approximate surface area is 159 Å². The lowest BCUT2D eigenvalue weighted by Crippen LogP contribution is -2.45. The van der Waals surface area contributed by atoms with Gasteiger partial charge in [-0.3, -0.25) is 4.90 Å². The van der Waals surface area contributed by atoms with Gasteiger partial charge in [-0.1, -0.05) is 30.3 Å². The van der Waals surface area contributed by atoms with Crippen molar-refractivity contribution in [1.82, 2.24) is 19.7 Å². The van der Waals surface area contributed by atoms with Crippen molar-refractivity contribution in [1.29, 1.82) is 0 Å². The summed E-state index contributed by atoms with van der Waals surface area (Å²) in [5.41, 5.74) is 2.33. The van der Waals surface area contributed by atoms with Crippen LogP contribution in [-0.2, 0) is 6.54 Å². The van der Waals surface area contributed by atoms with Crippen LogP contribution in [0.15, 0.2) is 35.7 Å². The molecule has 1 aromatic heterocycles. The van der Waals surface area contributed by atoms with E-state index in [1.807, 2.05) is 25.1 Å². The summed E-state index contributed by atoms with van der Waals surface area (Å²) in [6, 6.07) is 11.0. The molecule has 2 aromatic rings. The van der Waals surface area contributed by atoms with Crippen molar-refractivity contribution in [2.75, 3.05) is 33.7 Å². The summed E-state index contributed by atoms with van der Waals surface area (Å²) in [5, 5.41) is 3.27. The quantitative estimate of drug-likeness (QED) is 0.831. The predicted octanol–water partition coefficient (Wildman–Crippen LogP) is 3.39. The van der Waals surface area contributed by atoms with Gasteiger partial charge in [0.05, 0.1) is 5.69 Å². The van der Waals surface area contributed by atoms with Crippen molar-refractivity contribution in [2.45, 2.75) is 25.4 Å². The molecule has 0 N–H and O–H groups in total. The topological polar surface area (TPSA) is 39.7 Å². The maximum absolute atomic E-state index is 12.4. The van der Waals surface area contributed by atoms with Crippen molar-refractivity contribution >= 4 is 17.4 Å². The molecule has 1 aromatic carbocycles. The first-order chi connectivity index (χ1) is 12.6. The van der Waals surface area contributed by atoms with Gasteiger partial charge in [0.25, 0.3) is 0 Å². The van der Waals surface area contributed by atoms with Crippen molar-refractivity contribution < 1.29 is 4.79 Å². The summed E-state index contributed by atoms with van der Waals surface area (Å²) in [6.07, 6.45) is 2.41. The molecular formula is C20H26N4OS. The monoisotopic (exact) mass is 370 g/mol. The highest BCUT2D eigenvalue weighted by molar-refractivity contribution is 7.13. The number of aromatic nitrogens is 1. The van der Waals surface area contributed by atoms with E-state index in [1.54, 1.807) is 16.2 Å². The minimum Gasteiger partial charge on any atom is -0.331 e. The molecule has 0 spiro atoms. The second-order valence-corrected chi connectivity index (χ2v) is 8.48. The summed E-state index contributed by atoms with van der Waals surface area (Å²) in [5.74, 6) is 0.574. The molecule has 0 saturated carbocycles. The molecule has 5 nitrogen and oxygen atoms in total. The Kier molecular flexibility index (Phi) is 4.96. The van der Waals surface area contributed by atoms with Gasteiger partial charge in [-0.05, 0) is 18.8 Å². The number of carbonyl (C=O) groups excluding carboxylic acids is 1. The van der Waals surface area contributed by atoms with Gasteiger partial charge in [-0.2, -0.15) is 0 Å². The van der Waals surface area contributed by atoms with Gasteiger partial charge in [-0.25, -0.2) is 9.78 Å². The van der Waals surface area contributed by atoms with Gasteiger partial charge < -0.3 is 9.80 Å². The molecule has 3 fully saturated rings. The minimum atomic E-state index is 0.142. The molecule has 5 rings (SSSR count). The normalized spacial score (nSPS) is 23.1. The highest BCUT2D eigenvalue weighted by atomic mass is 32.1. The van der Waals surface area contributed by atoms with E-state index in [4.69, 9.17) is 4.98 Å². The molecule has 138 valence electrons. The SMILES string of the molecule is CN(C)C(=O)N1C[C@@H]2CC[C@H](C1)N(Cc1csc(-c3ccccc3)n1)C2. The highest BCUT2D eigenvalue weighted by Crippen LogP contribution is 2.31. The standard InChI is InChI=1S/C20H26N4OS/c1-22(2)20(25)24-11-15-8-9-18(13-24)23(10-15)12-17-14-26-19(21-17)16-6-4-3-5-7-16/h3-7,14-15,18H,8-13H2,1-2H3/t15-,18-/m1/s1. The summed E-state index contributed by atoms with van der Waals surface area (Å²) in [7, 11) is 3.68. The molecule has 3 aliphatic heterocycles. The fraction of sp³-hybridized carbons (Fsp3) is 0.500. The van der Waals surface area contributed by atoms with Crippen LogP contribution in [0.3, 0.4) is 0 Å². The zero-order valence-corrected chi connectivity index (χ0v) is 16.3. The van der Waals surface area contributed by atoms with Gasteiger partial charge in [0, 0.05) is 57.3 Å². The van der Waals surface area contributed by atoms with E-state index in [-0.39, 0.29) is 6.03 Å². The lowest BCUT2D eigenvalue weighted by atomic mass is 9.95. The molecule has 2 atom stereocenters. The van der Waals surface area contributed by atoms with Gasteiger partial charge in [0.2, 0.25) is 0 Å². The number of amides is 2. The fourth-order valence-corrected chi connectivity index (χ4v) is 4.93. The first kappa shape index (κ1) is 17.5. The molecule has 0 unspecified atom stereocenters. The molecular weight excluding hydrogens is 344 g/mol. The number of fused-ring (bicyclic) bond motifs is 4. The van der Waals surface area contributed by atoms with Crippen LogP contribution in [0.5, 0.6) is 0 Å². The number of nitrogens with zero attached hydrogens (tertiary/aromatic N) is 4. The second kappa shape index (κ2) is 7.37. The van der Waals surface area contributed by atoms with E-state index in [0.29, 0.717) is 12.0 Å². The van der Waals surface area contributed by atoms with Gasteiger partial charge >= 0.3 is 6.03 Å². The molecule has 0 radical (unpaired) electrons. The third-order valence-electron chi connectivity index (χ3n) is 5.42. The highest BCUT2D eigenvalue weighted by Gasteiger charge is 2.37. The number of piperidine rings is 1. The van der Waals surface area contributed by atoms with Gasteiger partial charge in [0.15, 0.2) is 0 Å². The van der Waals surface area contributed by atoms with Crippen molar-refractivity contribution in [3.63, 3.8) is 0 Å². The van der Waals surface area contributed by atoms with Gasteiger partial charge in [0.1, 0.15) is 5.01 Å². The average Bonchev–Trinajstić information content (AvgIpc) is 2.92. The second-order valence-electron chi connectivity index (χ2n) is 7.62. The Morgan fingerprint density at radius 1 is 1.19 bits per heavy atom. The predicted molar refractivity (Wildman–Crippen MR) is 105 cm³/mol. The molecule has 6 heteroatoms. The first-order valence-electron chi connectivity index (χ1n) is 9.30. The number of carbonyl (C=O) groups is 1. The van der Waals surface area contributed by atoms with Crippen LogP contribution in [0.25, 0.3) is 10.6 Å². The molecule has 2 bridgehead atoms. The summed E-state index contributed by atoms with van der Waals surface area (Å²) >= 11 is 1.72. The Hall–Kier alpha value is -1.92. The lowest BCUT2D eigenvalue weighted by Gasteiger charge is -2.35. The third-order valence-corrected chi connectivity index (χ3v) is 6.36. The van der Waals surface area contributed by atoms with Crippen LogP contribution in [0, 0.1) is 5.92 Å². The number of hydrogen-bond donors (Lipinski definition) is 0. The minimum absolute atomic E-state index is 0.142. The lowest BCUT2D eigenvalue weighted by molar-refractivity contribution is 0.121. The average molecular weight is 371 g/mol. The first-order valence-corrected chi connectivity index (χ1v) is 10.2. The number of benzene rings is 1. The number of rotatable bonds is 3. The van der Waals surface area contributed by atoms with Gasteiger partial charge in [-0.15, -0.1) is 11.3 Å². The van der Waals surface area contributed by atoms with E-state index in [9.17, 15) is 4.79 Å². The summed E-state index contributed by atoms with van der Waals surface area (Å²) < 4.78 is 0. The van der Waals surface area contributed by atoms with Crippen LogP contribution in [0.4, 0.5) is 4.79 Å². The third kappa shape index (κ3) is 3.62. The van der Waals surface area contributed by atoms with Crippen molar-refractivity contribution in [3.8, 4) is 10.6 Å². The van der Waals surface area contributed by atoms with Crippen LogP contribution >= 0.6 is 11.3 Å². The van der Waals surface area contributed by atoms with E-state index in [1.165, 1.54) is 18.4 Å². The van der Waals surface area contributed by atoms with E-state index >= 15 is 0 Å². The number of urea groups is 1. The zero-order valence-electron chi connectivity index (χ0n) is 15.5. The fourth-order valence-electron chi connectivity index (χ4n) is 4.11. The van der Waals surface area contributed by atoms with Crippen LogP contribution in [0.2, 0.25) is 0 Å². The Morgan fingerprint density at radius 2 is 2.00 bits per heavy atom. The number of thiazole rings is 1. The largest absolute Gasteiger partial charge is 0.331 e. The molecule has 4 heterocycles. The molecule has 2 amide bonds. The molecule has 0 aliphatic carbocycles. The maximum Gasteiger partial charge on any atom is 0.319 e. The Bertz CT molecular complexity index is 760. The van der Waals surface area contributed by atoms with Crippen LogP contribution < -0.4 is 0 Å². The molecule has 26 heavy (non-hydrogen) atoms. The summed E-state index contributed by atoms with van der Waals surface area (Å²) in [4.78, 5) is 23.6. The number of hydrogen-bond acceptors (Lipinski definition) is 4. The van der Waals surface area contributed by atoms with Crippen LogP contribution in [0.1, 0.15) is 18.5 Å². The van der Waals surface area contributed by atoms with E-state index in [0.717, 1.165) is 36.9 Å². The maximum atomic E-state index is 12.4. The molecule has 3 saturated heterocycles. The summed E-state index contributed by atoms with van der Waals surface area (Å²) in [6.45, 7) is 3.67. The van der Waals surface area contributed by atoms with E-state index in [2.05, 4.69) is 34.5 Å². The Balaban J connectivity index is 1.46. The smallest absolute Gasteiger partial charge is 0.319 e. The van der Waals surface area contributed by atoms with E-state index < -0.39 is 0 Å². The van der Waals surface area contributed by atoms with Crippen LogP contribution in [-0.4, -0.2) is 65.5 Å². The Morgan fingerprint density at radius 3 is 2.77 bits per heavy atom. The van der Waals surface area contributed by atoms with Crippen molar-refractivity contribution in [3.05, 3.63) is 41.4 Å².